The van der Waals surface area contributed by atoms with Gasteiger partial charge in [0, 0.05) is 24.8 Å². The van der Waals surface area contributed by atoms with Gasteiger partial charge in [-0.1, -0.05) is 17.4 Å². The van der Waals surface area contributed by atoms with Crippen LogP contribution in [0.4, 0.5) is 5.13 Å². The van der Waals surface area contributed by atoms with Crippen LogP contribution in [0.2, 0.25) is 0 Å². The van der Waals surface area contributed by atoms with E-state index >= 15 is 0 Å². The average molecular weight is 436 g/mol. The molecule has 1 aromatic carbocycles. The minimum atomic E-state index is -0.0993. The van der Waals surface area contributed by atoms with Gasteiger partial charge in [0.25, 0.3) is 5.91 Å². The summed E-state index contributed by atoms with van der Waals surface area (Å²) in [6.07, 6.45) is 0. The number of aromatic nitrogens is 3. The molecule has 158 valence electrons. The smallest absolute Gasteiger partial charge is 0.280 e. The van der Waals surface area contributed by atoms with Gasteiger partial charge in [-0.25, -0.2) is 4.98 Å². The molecule has 0 N–H and O–H groups in total. The van der Waals surface area contributed by atoms with Crippen LogP contribution in [-0.4, -0.2) is 52.8 Å². The average Bonchev–Trinajstić information content (AvgIpc) is 3.22. The first-order chi connectivity index (χ1) is 13.2. The molecule has 0 bridgehead atoms. The number of halogens is 1. The van der Waals surface area contributed by atoms with Gasteiger partial charge < -0.3 is 4.90 Å². The van der Waals surface area contributed by atoms with Crippen LogP contribution in [0.3, 0.4) is 0 Å². The zero-order chi connectivity index (χ0) is 20.6. The summed E-state index contributed by atoms with van der Waals surface area (Å²) >= 11 is 1.56. The van der Waals surface area contributed by atoms with Gasteiger partial charge in [-0.3, -0.25) is 14.4 Å². The van der Waals surface area contributed by atoms with Gasteiger partial charge in [0.1, 0.15) is 0 Å². The standard InChI is InChI=1S/C21H29N5OS.ClH/c1-13(2)26-15(4)12-17(23-26)20(27)25(11-10-24(6)7)21-22-19-16(5)14(3)8-9-18(19)28-21;/h8-9,12-13H,10-11H2,1-7H3;1H. The van der Waals surface area contributed by atoms with Crippen LogP contribution in [-0.2, 0) is 0 Å². The highest BCUT2D eigenvalue weighted by molar-refractivity contribution is 7.22. The number of anilines is 1. The molecule has 0 spiro atoms. The molecule has 3 rings (SSSR count). The SMILES string of the molecule is Cc1ccc2sc(N(CCN(C)C)C(=O)c3cc(C)n(C(C)C)n3)nc2c1C.Cl. The quantitative estimate of drug-likeness (QED) is 0.566. The number of hydrogen-bond donors (Lipinski definition) is 0. The van der Waals surface area contributed by atoms with Crippen LogP contribution in [0, 0.1) is 20.8 Å². The second kappa shape index (κ2) is 9.24. The lowest BCUT2D eigenvalue weighted by Crippen LogP contribution is -2.37. The van der Waals surface area contributed by atoms with E-state index < -0.39 is 0 Å². The van der Waals surface area contributed by atoms with Crippen molar-refractivity contribution >= 4 is 45.0 Å². The number of aryl methyl sites for hydroxylation is 3. The van der Waals surface area contributed by atoms with Crippen LogP contribution >= 0.6 is 23.7 Å². The number of hydrogen-bond acceptors (Lipinski definition) is 5. The highest BCUT2D eigenvalue weighted by Crippen LogP contribution is 2.32. The van der Waals surface area contributed by atoms with Crippen molar-refractivity contribution in [1.82, 2.24) is 19.7 Å². The van der Waals surface area contributed by atoms with Crippen LogP contribution in [0.15, 0.2) is 18.2 Å². The van der Waals surface area contributed by atoms with E-state index in [0.717, 1.165) is 27.6 Å². The zero-order valence-electron chi connectivity index (χ0n) is 18.2. The first kappa shape index (κ1) is 23.3. The fraction of sp³-hybridized carbons (Fsp3) is 0.476. The molecule has 29 heavy (non-hydrogen) atoms. The summed E-state index contributed by atoms with van der Waals surface area (Å²) in [6, 6.07) is 6.28. The number of nitrogens with zero attached hydrogens (tertiary/aromatic N) is 5. The van der Waals surface area contributed by atoms with Crippen molar-refractivity contribution in [3.05, 3.63) is 40.7 Å². The van der Waals surface area contributed by atoms with E-state index in [0.29, 0.717) is 12.2 Å². The maximum atomic E-state index is 13.4. The van der Waals surface area contributed by atoms with Crippen LogP contribution < -0.4 is 4.90 Å². The Morgan fingerprint density at radius 3 is 2.45 bits per heavy atom. The molecule has 0 radical (unpaired) electrons. The number of fused-ring (bicyclic) bond motifs is 1. The number of rotatable bonds is 6. The molecule has 0 aliphatic rings. The number of carbonyl (C=O) groups is 1. The Morgan fingerprint density at radius 1 is 1.17 bits per heavy atom. The Kier molecular flexibility index (Phi) is 7.43. The van der Waals surface area contributed by atoms with Gasteiger partial charge >= 0.3 is 0 Å². The summed E-state index contributed by atoms with van der Waals surface area (Å²) in [5.74, 6) is -0.0993. The first-order valence-corrected chi connectivity index (χ1v) is 10.4. The Morgan fingerprint density at radius 2 is 1.86 bits per heavy atom. The molecule has 8 heteroatoms. The number of benzene rings is 1. The van der Waals surface area contributed by atoms with Crippen molar-refractivity contribution in [3.8, 4) is 0 Å². The molecule has 0 unspecified atom stereocenters. The first-order valence-electron chi connectivity index (χ1n) is 9.58. The van der Waals surface area contributed by atoms with Crippen LogP contribution in [0.1, 0.15) is 47.2 Å². The Balaban J connectivity index is 0.00000300. The van der Waals surface area contributed by atoms with Crippen LogP contribution in [0.5, 0.6) is 0 Å². The molecular weight excluding hydrogens is 406 g/mol. The lowest BCUT2D eigenvalue weighted by molar-refractivity contribution is 0.0979. The molecule has 0 aliphatic heterocycles. The summed E-state index contributed by atoms with van der Waals surface area (Å²) in [7, 11) is 4.01. The molecule has 0 fully saturated rings. The molecule has 1 amide bonds. The number of amides is 1. The fourth-order valence-corrected chi connectivity index (χ4v) is 4.22. The van der Waals surface area contributed by atoms with Gasteiger partial charge in [0.15, 0.2) is 10.8 Å². The second-order valence-electron chi connectivity index (χ2n) is 7.82. The zero-order valence-corrected chi connectivity index (χ0v) is 19.8. The molecule has 2 heterocycles. The van der Waals surface area contributed by atoms with Crippen molar-refractivity contribution in [1.29, 1.82) is 0 Å². The fourth-order valence-electron chi connectivity index (χ4n) is 3.17. The summed E-state index contributed by atoms with van der Waals surface area (Å²) in [4.78, 5) is 22.0. The highest BCUT2D eigenvalue weighted by Gasteiger charge is 2.25. The Hall–Kier alpha value is -1.96. The number of likely N-dealkylation sites (N-methyl/N-ethyl adjacent to an activating group) is 1. The second-order valence-corrected chi connectivity index (χ2v) is 8.83. The summed E-state index contributed by atoms with van der Waals surface area (Å²) in [5.41, 5.74) is 4.81. The Labute approximate surface area is 182 Å². The van der Waals surface area contributed by atoms with Gasteiger partial charge in [-0.05, 0) is 72.0 Å². The maximum Gasteiger partial charge on any atom is 0.280 e. The molecule has 0 atom stereocenters. The predicted octanol–water partition coefficient (Wildman–Crippen LogP) is 4.63. The van der Waals surface area contributed by atoms with Gasteiger partial charge in [-0.15, -0.1) is 12.4 Å². The summed E-state index contributed by atoms with van der Waals surface area (Å²) < 4.78 is 2.99. The lowest BCUT2D eigenvalue weighted by Gasteiger charge is -2.21. The third kappa shape index (κ3) is 4.79. The minimum absolute atomic E-state index is 0. The third-order valence-electron chi connectivity index (χ3n) is 4.95. The molecule has 0 saturated carbocycles. The minimum Gasteiger partial charge on any atom is -0.308 e. The van der Waals surface area contributed by atoms with Crippen molar-refractivity contribution in [2.45, 2.75) is 40.7 Å². The Bertz CT molecular complexity index is 1010. The molecule has 3 aromatic rings. The topological polar surface area (TPSA) is 54.3 Å². The van der Waals surface area contributed by atoms with Gasteiger partial charge in [-0.2, -0.15) is 5.10 Å². The number of thiazole rings is 1. The van der Waals surface area contributed by atoms with E-state index in [9.17, 15) is 4.79 Å². The van der Waals surface area contributed by atoms with E-state index in [1.54, 1.807) is 16.2 Å². The van der Waals surface area contributed by atoms with E-state index in [-0.39, 0.29) is 24.4 Å². The molecule has 6 nitrogen and oxygen atoms in total. The largest absolute Gasteiger partial charge is 0.308 e. The predicted molar refractivity (Wildman–Crippen MR) is 124 cm³/mol. The highest BCUT2D eigenvalue weighted by atomic mass is 35.5. The molecule has 2 aromatic heterocycles. The third-order valence-corrected chi connectivity index (χ3v) is 5.99. The summed E-state index contributed by atoms with van der Waals surface area (Å²) in [5, 5.41) is 5.29. The van der Waals surface area contributed by atoms with Crippen molar-refractivity contribution < 1.29 is 4.79 Å². The van der Waals surface area contributed by atoms with Crippen molar-refractivity contribution in [2.24, 2.45) is 0 Å². The van der Waals surface area contributed by atoms with E-state index in [1.807, 2.05) is 31.8 Å². The lowest BCUT2D eigenvalue weighted by atomic mass is 10.1. The molecule has 0 saturated heterocycles. The van der Waals surface area contributed by atoms with E-state index in [2.05, 4.69) is 49.8 Å². The molecular formula is C21H30ClN5OS. The normalized spacial score (nSPS) is 11.3. The molecule has 0 aliphatic carbocycles. The monoisotopic (exact) mass is 435 g/mol. The van der Waals surface area contributed by atoms with Crippen LogP contribution in [0.25, 0.3) is 10.2 Å². The van der Waals surface area contributed by atoms with Crippen molar-refractivity contribution in [3.63, 3.8) is 0 Å². The van der Waals surface area contributed by atoms with Gasteiger partial charge in [0.05, 0.1) is 10.2 Å². The van der Waals surface area contributed by atoms with E-state index in [1.165, 1.54) is 11.1 Å². The van der Waals surface area contributed by atoms with Gasteiger partial charge in [0.2, 0.25) is 0 Å². The van der Waals surface area contributed by atoms with Crippen molar-refractivity contribution in [2.75, 3.05) is 32.1 Å². The van der Waals surface area contributed by atoms with E-state index in [4.69, 9.17) is 4.98 Å². The number of carbonyl (C=O) groups excluding carboxylic acids is 1. The summed E-state index contributed by atoms with van der Waals surface area (Å²) in [6.45, 7) is 11.6. The maximum absolute atomic E-state index is 13.4.